The molecule has 0 radical (unpaired) electrons. The van der Waals surface area contributed by atoms with Crippen molar-refractivity contribution in [1.29, 1.82) is 0 Å². The third-order valence-corrected chi connectivity index (χ3v) is 4.52. The summed E-state index contributed by atoms with van der Waals surface area (Å²) >= 11 is 3.35. The van der Waals surface area contributed by atoms with Gasteiger partial charge in [0.1, 0.15) is 16.0 Å². The van der Waals surface area contributed by atoms with Crippen LogP contribution in [0, 0.1) is 0 Å². The summed E-state index contributed by atoms with van der Waals surface area (Å²) in [6.07, 6.45) is 0. The van der Waals surface area contributed by atoms with Crippen LogP contribution in [0.2, 0.25) is 0 Å². The van der Waals surface area contributed by atoms with Crippen molar-refractivity contribution in [2.24, 2.45) is 0 Å². The number of nitrogens with two attached hydrogens (primary N) is 1. The maximum atomic E-state index is 12.5. The Morgan fingerprint density at radius 1 is 1.07 bits per heavy atom. The Kier molecular flexibility index (Phi) is 6.45. The van der Waals surface area contributed by atoms with E-state index >= 15 is 0 Å². The fourth-order valence-electron chi connectivity index (χ4n) is 2.41. The van der Waals surface area contributed by atoms with Crippen molar-refractivity contribution in [2.75, 3.05) is 25.3 Å². The Bertz CT molecular complexity index is 992. The number of anilines is 3. The second-order valence-corrected chi connectivity index (χ2v) is 6.49. The van der Waals surface area contributed by atoms with Crippen molar-refractivity contribution < 1.29 is 19.0 Å². The van der Waals surface area contributed by atoms with Gasteiger partial charge in [-0.2, -0.15) is 15.0 Å². The van der Waals surface area contributed by atoms with E-state index in [1.807, 2.05) is 30.3 Å². The van der Waals surface area contributed by atoms with Crippen molar-refractivity contribution >= 4 is 39.5 Å². The van der Waals surface area contributed by atoms with Gasteiger partial charge in [-0.15, -0.1) is 0 Å². The molecule has 0 aliphatic rings. The lowest BCUT2D eigenvalue weighted by molar-refractivity contribution is 0.0461. The Morgan fingerprint density at radius 2 is 1.72 bits per heavy atom. The highest BCUT2D eigenvalue weighted by Crippen LogP contribution is 2.35. The van der Waals surface area contributed by atoms with E-state index in [9.17, 15) is 4.79 Å². The minimum absolute atomic E-state index is 0.0106. The van der Waals surface area contributed by atoms with E-state index in [0.29, 0.717) is 16.0 Å². The zero-order chi connectivity index (χ0) is 20.8. The predicted octanol–water partition coefficient (Wildman–Crippen LogP) is 3.33. The Hall–Kier alpha value is -3.40. The summed E-state index contributed by atoms with van der Waals surface area (Å²) in [5.74, 6) is 0.759. The number of nitrogens with zero attached hydrogens (tertiary/aromatic N) is 3. The van der Waals surface area contributed by atoms with E-state index in [2.05, 4.69) is 36.2 Å². The quantitative estimate of drug-likeness (QED) is 0.512. The fourth-order valence-corrected chi connectivity index (χ4v) is 2.96. The topological polar surface area (TPSA) is 121 Å². The molecule has 0 fully saturated rings. The first-order chi connectivity index (χ1) is 14.0. The van der Waals surface area contributed by atoms with Crippen molar-refractivity contribution in [3.05, 3.63) is 58.3 Å². The molecule has 0 spiro atoms. The molecule has 3 rings (SSSR count). The second kappa shape index (κ2) is 9.20. The van der Waals surface area contributed by atoms with Crippen LogP contribution in [0.5, 0.6) is 11.5 Å². The summed E-state index contributed by atoms with van der Waals surface area (Å²) in [5, 5.41) is 3.02. The molecule has 9 nitrogen and oxygen atoms in total. The molecular formula is C19H18BrN5O4. The van der Waals surface area contributed by atoms with Crippen molar-refractivity contribution in [2.45, 2.75) is 6.61 Å². The van der Waals surface area contributed by atoms with Gasteiger partial charge in [0.05, 0.1) is 19.8 Å². The number of methoxy groups -OCH3 is 2. The van der Waals surface area contributed by atoms with E-state index in [1.165, 1.54) is 14.2 Å². The van der Waals surface area contributed by atoms with Crippen LogP contribution in [0.15, 0.2) is 46.9 Å². The zero-order valence-electron chi connectivity index (χ0n) is 15.7. The number of carbonyl (C=O) groups excluding carboxylic acids is 1. The lowest BCUT2D eigenvalue weighted by Crippen LogP contribution is -2.11. The smallest absolute Gasteiger partial charge is 0.338 e. The van der Waals surface area contributed by atoms with Gasteiger partial charge in [-0.25, -0.2) is 4.79 Å². The predicted molar refractivity (Wildman–Crippen MR) is 110 cm³/mol. The Labute approximate surface area is 175 Å². The SMILES string of the molecule is COc1cc(C(=O)OCc2nc(N)nc(Nc3ccccc3)n2)cc(OC)c1Br. The summed E-state index contributed by atoms with van der Waals surface area (Å²) in [4.78, 5) is 24.7. The van der Waals surface area contributed by atoms with Crippen molar-refractivity contribution in [1.82, 2.24) is 15.0 Å². The molecule has 10 heteroatoms. The molecule has 0 bridgehead atoms. The molecule has 0 saturated carbocycles. The maximum Gasteiger partial charge on any atom is 0.338 e. The molecule has 0 aliphatic heterocycles. The standard InChI is InChI=1S/C19H18BrN5O4/c1-27-13-8-11(9-14(28-2)16(13)20)17(26)29-10-15-23-18(21)25-19(24-15)22-12-6-4-3-5-7-12/h3-9H,10H2,1-2H3,(H3,21,22,23,24,25). The van der Waals surface area contributed by atoms with Gasteiger partial charge in [0, 0.05) is 5.69 Å². The number of nitrogens with one attached hydrogen (secondary N) is 1. The molecule has 2 aromatic carbocycles. The molecule has 0 aliphatic carbocycles. The number of nitrogen functional groups attached to an aromatic ring is 1. The van der Waals surface area contributed by atoms with Crippen LogP contribution < -0.4 is 20.5 Å². The molecule has 0 saturated heterocycles. The number of halogens is 1. The molecule has 3 N–H and O–H groups in total. The van der Waals surface area contributed by atoms with Crippen LogP contribution in [0.25, 0.3) is 0 Å². The molecular weight excluding hydrogens is 442 g/mol. The normalized spacial score (nSPS) is 10.3. The monoisotopic (exact) mass is 459 g/mol. The minimum Gasteiger partial charge on any atom is -0.495 e. The highest BCUT2D eigenvalue weighted by Gasteiger charge is 2.16. The number of aromatic nitrogens is 3. The third-order valence-electron chi connectivity index (χ3n) is 3.74. The molecule has 0 atom stereocenters. The molecule has 150 valence electrons. The lowest BCUT2D eigenvalue weighted by Gasteiger charge is -2.11. The highest BCUT2D eigenvalue weighted by atomic mass is 79.9. The zero-order valence-corrected chi connectivity index (χ0v) is 17.3. The van der Waals surface area contributed by atoms with Gasteiger partial charge in [0.25, 0.3) is 0 Å². The first-order valence-corrected chi connectivity index (χ1v) is 9.20. The van der Waals surface area contributed by atoms with Gasteiger partial charge in [-0.1, -0.05) is 18.2 Å². The van der Waals surface area contributed by atoms with Gasteiger partial charge in [-0.3, -0.25) is 0 Å². The molecule has 29 heavy (non-hydrogen) atoms. The first-order valence-electron chi connectivity index (χ1n) is 8.41. The van der Waals surface area contributed by atoms with Crippen molar-refractivity contribution in [3.8, 4) is 11.5 Å². The van der Waals surface area contributed by atoms with Gasteiger partial charge < -0.3 is 25.3 Å². The molecule has 3 aromatic rings. The number of ether oxygens (including phenoxy) is 3. The average molecular weight is 460 g/mol. The number of para-hydroxylation sites is 1. The summed E-state index contributed by atoms with van der Waals surface area (Å²) in [5.41, 5.74) is 6.79. The van der Waals surface area contributed by atoms with Crippen LogP contribution in [0.3, 0.4) is 0 Å². The van der Waals surface area contributed by atoms with Crippen LogP contribution in [0.1, 0.15) is 16.2 Å². The fraction of sp³-hybridized carbons (Fsp3) is 0.158. The highest BCUT2D eigenvalue weighted by molar-refractivity contribution is 9.10. The van der Waals surface area contributed by atoms with E-state index in [1.54, 1.807) is 12.1 Å². The average Bonchev–Trinajstić information content (AvgIpc) is 2.72. The summed E-state index contributed by atoms with van der Waals surface area (Å²) < 4.78 is 16.4. The maximum absolute atomic E-state index is 12.5. The number of carbonyl (C=O) groups is 1. The molecule has 1 heterocycles. The summed E-state index contributed by atoms with van der Waals surface area (Å²) in [7, 11) is 2.98. The van der Waals surface area contributed by atoms with Crippen LogP contribution in [-0.2, 0) is 11.3 Å². The number of rotatable bonds is 7. The molecule has 1 aromatic heterocycles. The van der Waals surface area contributed by atoms with Crippen LogP contribution >= 0.6 is 15.9 Å². The van der Waals surface area contributed by atoms with Crippen LogP contribution in [0.4, 0.5) is 17.6 Å². The Balaban J connectivity index is 1.73. The number of hydrogen-bond donors (Lipinski definition) is 2. The minimum atomic E-state index is -0.592. The van der Waals surface area contributed by atoms with Gasteiger partial charge in [0.15, 0.2) is 12.4 Å². The third kappa shape index (κ3) is 5.11. The van der Waals surface area contributed by atoms with Crippen LogP contribution in [-0.4, -0.2) is 35.1 Å². The van der Waals surface area contributed by atoms with Gasteiger partial charge in [-0.05, 0) is 40.2 Å². The largest absolute Gasteiger partial charge is 0.495 e. The van der Waals surface area contributed by atoms with Crippen molar-refractivity contribution in [3.63, 3.8) is 0 Å². The first kappa shape index (κ1) is 20.3. The lowest BCUT2D eigenvalue weighted by atomic mass is 10.2. The number of hydrogen-bond acceptors (Lipinski definition) is 9. The summed E-state index contributed by atoms with van der Waals surface area (Å²) in [6.45, 7) is -0.185. The van der Waals surface area contributed by atoms with Gasteiger partial charge >= 0.3 is 5.97 Å². The molecule has 0 amide bonds. The molecule has 0 unspecified atom stereocenters. The summed E-state index contributed by atoms with van der Waals surface area (Å²) in [6, 6.07) is 12.4. The number of benzene rings is 2. The van der Waals surface area contributed by atoms with E-state index in [0.717, 1.165) is 5.69 Å². The van der Waals surface area contributed by atoms with E-state index in [4.69, 9.17) is 19.9 Å². The van der Waals surface area contributed by atoms with E-state index < -0.39 is 5.97 Å². The van der Waals surface area contributed by atoms with Gasteiger partial charge in [0.2, 0.25) is 11.9 Å². The van der Waals surface area contributed by atoms with E-state index in [-0.39, 0.29) is 29.9 Å². The second-order valence-electron chi connectivity index (χ2n) is 5.70. The Morgan fingerprint density at radius 3 is 2.34 bits per heavy atom. The number of esters is 1.